The third-order valence-corrected chi connectivity index (χ3v) is 0.678. The quantitative estimate of drug-likeness (QED) is 0.336. The molecule has 0 aromatic carbocycles. The van der Waals surface area contributed by atoms with Crippen molar-refractivity contribution in [2.24, 2.45) is 11.8 Å². The maximum atomic E-state index is 5.28. The maximum absolute atomic E-state index is 5.28. The largest absolute Gasteiger partial charge is 0.254 e. The lowest BCUT2D eigenvalue weighted by Gasteiger charge is -2.07. The molecule has 0 heterocycles. The first-order valence-corrected chi connectivity index (χ1v) is 2.64. The van der Waals surface area contributed by atoms with Crippen molar-refractivity contribution in [3.05, 3.63) is 0 Å². The van der Waals surface area contributed by atoms with Crippen LogP contribution >= 0.6 is 11.8 Å². The zero-order valence-corrected chi connectivity index (χ0v) is 5.44. The fourth-order valence-electron chi connectivity index (χ4n) is 0.349. The van der Waals surface area contributed by atoms with Crippen LogP contribution < -0.4 is 5.84 Å². The molecule has 0 aromatic rings. The molecule has 0 aliphatic rings. The van der Waals surface area contributed by atoms with E-state index >= 15 is 0 Å². The van der Waals surface area contributed by atoms with E-state index < -0.39 is 0 Å². The van der Waals surface area contributed by atoms with Crippen LogP contribution in [0.2, 0.25) is 0 Å². The molecule has 0 aromatic heterocycles. The van der Waals surface area contributed by atoms with Crippen LogP contribution in [0, 0.1) is 5.92 Å². The lowest BCUT2D eigenvalue weighted by atomic mass is 10.2. The van der Waals surface area contributed by atoms with Gasteiger partial charge >= 0.3 is 0 Å². The van der Waals surface area contributed by atoms with Gasteiger partial charge in [0, 0.05) is 6.54 Å². The van der Waals surface area contributed by atoms with Gasteiger partial charge in [-0.05, 0) is 17.7 Å². The minimum absolute atomic E-state index is 0.544. The van der Waals surface area contributed by atoms with Gasteiger partial charge in [-0.3, -0.25) is 5.84 Å². The van der Waals surface area contributed by atoms with Crippen molar-refractivity contribution in [1.29, 1.82) is 0 Å². The van der Waals surface area contributed by atoms with Crippen LogP contribution in [0.25, 0.3) is 0 Å². The SMILES string of the molecule is CC(C)CN(N)Cl. The summed E-state index contributed by atoms with van der Waals surface area (Å²) < 4.78 is 1.17. The van der Waals surface area contributed by atoms with Crippen LogP contribution in [0.5, 0.6) is 0 Å². The van der Waals surface area contributed by atoms with E-state index in [-0.39, 0.29) is 0 Å². The predicted octanol–water partition coefficient (Wildman–Crippen LogP) is 0.972. The average molecular weight is 123 g/mol. The molecule has 2 N–H and O–H groups in total. The van der Waals surface area contributed by atoms with E-state index in [0.29, 0.717) is 5.92 Å². The van der Waals surface area contributed by atoms with Gasteiger partial charge in [0.2, 0.25) is 0 Å². The van der Waals surface area contributed by atoms with Crippen LogP contribution in [-0.4, -0.2) is 11.1 Å². The molecule has 0 aliphatic heterocycles. The van der Waals surface area contributed by atoms with E-state index in [1.165, 1.54) is 4.53 Å². The summed E-state index contributed by atoms with van der Waals surface area (Å²) in [5.41, 5.74) is 0. The van der Waals surface area contributed by atoms with E-state index in [9.17, 15) is 0 Å². The average Bonchev–Trinajstić information content (AvgIpc) is 1.27. The second-order valence-electron chi connectivity index (χ2n) is 1.98. The Kier molecular flexibility index (Phi) is 3.34. The Hall–Kier alpha value is 0.210. The van der Waals surface area contributed by atoms with Crippen molar-refractivity contribution in [3.8, 4) is 0 Å². The van der Waals surface area contributed by atoms with Crippen molar-refractivity contribution < 1.29 is 0 Å². The second kappa shape index (κ2) is 3.24. The van der Waals surface area contributed by atoms with Crippen LogP contribution in [0.3, 0.4) is 0 Å². The molecule has 0 bridgehead atoms. The number of rotatable bonds is 2. The minimum atomic E-state index is 0.544. The fourth-order valence-corrected chi connectivity index (χ4v) is 0.625. The first-order chi connectivity index (χ1) is 3.13. The topological polar surface area (TPSA) is 29.3 Å². The van der Waals surface area contributed by atoms with E-state index in [0.717, 1.165) is 6.54 Å². The number of hydrogen-bond donors (Lipinski definition) is 1. The molecule has 0 aliphatic carbocycles. The van der Waals surface area contributed by atoms with Gasteiger partial charge in [-0.25, -0.2) is 0 Å². The van der Waals surface area contributed by atoms with E-state index in [2.05, 4.69) is 13.8 Å². The van der Waals surface area contributed by atoms with Gasteiger partial charge in [0.05, 0.1) is 0 Å². The van der Waals surface area contributed by atoms with Gasteiger partial charge < -0.3 is 0 Å². The summed E-state index contributed by atoms with van der Waals surface area (Å²) in [5.74, 6) is 5.64. The van der Waals surface area contributed by atoms with E-state index in [1.807, 2.05) is 0 Å². The highest BCUT2D eigenvalue weighted by atomic mass is 35.5. The second-order valence-corrected chi connectivity index (χ2v) is 2.41. The standard InChI is InChI=1S/C4H11ClN2/c1-4(2)3-7(5)6/h4H,3,6H2,1-2H3. The summed E-state index contributed by atoms with van der Waals surface area (Å²) in [6.07, 6.45) is 0. The highest BCUT2D eigenvalue weighted by molar-refractivity contribution is 6.12. The molecule has 0 fully saturated rings. The Morgan fingerprint density at radius 2 is 2.14 bits per heavy atom. The number of nitrogens with two attached hydrogens (primary N) is 1. The molecule has 0 rings (SSSR count). The van der Waals surface area contributed by atoms with Gasteiger partial charge in [-0.2, -0.15) is 4.53 Å². The van der Waals surface area contributed by atoms with Gasteiger partial charge in [-0.15, -0.1) is 0 Å². The smallest absolute Gasteiger partial charge is 0.0316 e. The van der Waals surface area contributed by atoms with Gasteiger partial charge in [0.1, 0.15) is 0 Å². The first kappa shape index (κ1) is 7.21. The van der Waals surface area contributed by atoms with Gasteiger partial charge in [0.25, 0.3) is 0 Å². The number of nitrogens with zero attached hydrogens (tertiary/aromatic N) is 1. The Morgan fingerprint density at radius 3 is 2.14 bits per heavy atom. The minimum Gasteiger partial charge on any atom is -0.254 e. The van der Waals surface area contributed by atoms with Gasteiger partial charge in [-0.1, -0.05) is 13.8 Å². The van der Waals surface area contributed by atoms with E-state index in [4.69, 9.17) is 17.6 Å². The van der Waals surface area contributed by atoms with Crippen molar-refractivity contribution >= 4 is 11.8 Å². The Labute approximate surface area is 49.3 Å². The summed E-state index contributed by atoms with van der Waals surface area (Å²) in [4.78, 5) is 0. The third kappa shape index (κ3) is 6.21. The lowest BCUT2D eigenvalue weighted by molar-refractivity contribution is 0.409. The molecule has 0 saturated carbocycles. The van der Waals surface area contributed by atoms with Crippen molar-refractivity contribution in [2.45, 2.75) is 13.8 Å². The number of halogens is 1. The summed E-state index contributed by atoms with van der Waals surface area (Å²) in [6, 6.07) is 0. The van der Waals surface area contributed by atoms with Crippen molar-refractivity contribution in [3.63, 3.8) is 0 Å². The molecule has 0 radical (unpaired) electrons. The summed E-state index contributed by atoms with van der Waals surface area (Å²) >= 11 is 5.28. The van der Waals surface area contributed by atoms with Crippen molar-refractivity contribution in [2.75, 3.05) is 6.54 Å². The maximum Gasteiger partial charge on any atom is 0.0316 e. The highest BCUT2D eigenvalue weighted by Gasteiger charge is 1.94. The Balaban J connectivity index is 2.95. The molecule has 2 nitrogen and oxygen atoms in total. The highest BCUT2D eigenvalue weighted by Crippen LogP contribution is 1.93. The lowest BCUT2D eigenvalue weighted by Crippen LogP contribution is -2.24. The summed E-state index contributed by atoms with van der Waals surface area (Å²) in [6.45, 7) is 4.85. The molecule has 0 amide bonds. The molecular formula is C4H11ClN2. The molecule has 0 spiro atoms. The van der Waals surface area contributed by atoms with Crippen LogP contribution in [0.15, 0.2) is 0 Å². The summed E-state index contributed by atoms with van der Waals surface area (Å²) in [5, 5.41) is 0. The molecule has 7 heavy (non-hydrogen) atoms. The molecule has 0 saturated heterocycles. The molecule has 0 unspecified atom stereocenters. The summed E-state index contributed by atoms with van der Waals surface area (Å²) in [7, 11) is 0. The third-order valence-electron chi connectivity index (χ3n) is 0.540. The number of hydrogen-bond acceptors (Lipinski definition) is 2. The zero-order valence-electron chi connectivity index (χ0n) is 4.69. The molecular weight excluding hydrogens is 112 g/mol. The fraction of sp³-hybridized carbons (Fsp3) is 1.00. The molecule has 44 valence electrons. The number of hydrazine groups is 1. The normalized spacial score (nSPS) is 11.1. The molecule has 0 atom stereocenters. The van der Waals surface area contributed by atoms with Crippen LogP contribution in [-0.2, 0) is 0 Å². The zero-order chi connectivity index (χ0) is 5.86. The van der Waals surface area contributed by atoms with E-state index in [1.54, 1.807) is 0 Å². The Morgan fingerprint density at radius 1 is 1.71 bits per heavy atom. The van der Waals surface area contributed by atoms with Gasteiger partial charge in [0.15, 0.2) is 0 Å². The molecule has 3 heteroatoms. The predicted molar refractivity (Wildman–Crippen MR) is 31.6 cm³/mol. The van der Waals surface area contributed by atoms with Crippen molar-refractivity contribution in [1.82, 2.24) is 4.53 Å². The first-order valence-electron chi connectivity index (χ1n) is 2.31. The van der Waals surface area contributed by atoms with Crippen LogP contribution in [0.4, 0.5) is 0 Å². The van der Waals surface area contributed by atoms with Crippen LogP contribution in [0.1, 0.15) is 13.8 Å². The Bertz CT molecular complexity index is 39.0. The monoisotopic (exact) mass is 122 g/mol.